The molecule has 0 spiro atoms. The maximum absolute atomic E-state index is 9.97. The number of hydrogen-bond acceptors (Lipinski definition) is 7. The van der Waals surface area contributed by atoms with Gasteiger partial charge in [-0.15, -0.1) is 0 Å². The minimum absolute atomic E-state index is 0.210. The fourth-order valence-corrected chi connectivity index (χ4v) is 4.17. The van der Waals surface area contributed by atoms with Crippen LogP contribution in [0.25, 0.3) is 0 Å². The molecule has 2 rings (SSSR count). The van der Waals surface area contributed by atoms with Crippen LogP contribution in [-0.2, 0) is 9.53 Å². The standard InChI is InChI=1S/C19H37NO5.C2H4O2/c1-14-8-4-5-9-17(14)25-11-7-3-2-6-10-20-12-16(22)19(24)18(23)15(20)13-21;1-2(3)4/h14-19,21-24H,2-13H2,1H3;1H3,(H,3,4)/t14-,15-,16+,17-,18-,19-;/m1./s1. The predicted molar refractivity (Wildman–Crippen MR) is 110 cm³/mol. The van der Waals surface area contributed by atoms with Crippen LogP contribution in [0.5, 0.6) is 0 Å². The molecule has 0 radical (unpaired) electrons. The molecule has 1 saturated carbocycles. The van der Waals surface area contributed by atoms with Gasteiger partial charge in [0.1, 0.15) is 12.2 Å². The summed E-state index contributed by atoms with van der Waals surface area (Å²) in [6.45, 7) is 5.01. The van der Waals surface area contributed by atoms with Crippen molar-refractivity contribution in [2.45, 2.75) is 95.7 Å². The molecule has 5 N–H and O–H groups in total. The number of aliphatic hydroxyl groups is 4. The zero-order valence-electron chi connectivity index (χ0n) is 17.9. The number of carboxylic acids is 1. The van der Waals surface area contributed by atoms with E-state index in [4.69, 9.17) is 14.6 Å². The van der Waals surface area contributed by atoms with Crippen LogP contribution < -0.4 is 0 Å². The maximum Gasteiger partial charge on any atom is 0.300 e. The molecule has 29 heavy (non-hydrogen) atoms. The van der Waals surface area contributed by atoms with Crippen molar-refractivity contribution < 1.29 is 35.1 Å². The summed E-state index contributed by atoms with van der Waals surface area (Å²) in [6.07, 6.45) is 6.53. The van der Waals surface area contributed by atoms with Crippen molar-refractivity contribution in [1.82, 2.24) is 4.90 Å². The first kappa shape index (κ1) is 26.3. The Labute approximate surface area is 174 Å². The normalized spacial score (nSPS) is 33.0. The molecule has 0 amide bonds. The zero-order chi connectivity index (χ0) is 21.8. The summed E-state index contributed by atoms with van der Waals surface area (Å²) < 4.78 is 6.03. The smallest absolute Gasteiger partial charge is 0.300 e. The average Bonchev–Trinajstić information content (AvgIpc) is 2.66. The molecule has 1 aliphatic carbocycles. The molecule has 0 aromatic rings. The first-order valence-corrected chi connectivity index (χ1v) is 11.0. The number of ether oxygens (including phenoxy) is 1. The Bertz CT molecular complexity index is 447. The van der Waals surface area contributed by atoms with Gasteiger partial charge >= 0.3 is 0 Å². The Hall–Kier alpha value is -0.770. The van der Waals surface area contributed by atoms with Gasteiger partial charge in [0, 0.05) is 20.1 Å². The van der Waals surface area contributed by atoms with Crippen molar-refractivity contribution in [3.8, 4) is 0 Å². The second-order valence-electron chi connectivity index (χ2n) is 8.40. The summed E-state index contributed by atoms with van der Waals surface area (Å²) in [5, 5.41) is 46.3. The van der Waals surface area contributed by atoms with Crippen LogP contribution in [-0.4, -0.2) is 93.2 Å². The summed E-state index contributed by atoms with van der Waals surface area (Å²) >= 11 is 0. The highest BCUT2D eigenvalue weighted by Gasteiger charge is 2.40. The lowest BCUT2D eigenvalue weighted by Crippen LogP contribution is -2.62. The fraction of sp³-hybridized carbons (Fsp3) is 0.952. The molecule has 2 fully saturated rings. The molecule has 1 saturated heterocycles. The Morgan fingerprint density at radius 2 is 1.66 bits per heavy atom. The Balaban J connectivity index is 0.000000960. The van der Waals surface area contributed by atoms with Gasteiger partial charge in [0.2, 0.25) is 0 Å². The topological polar surface area (TPSA) is 131 Å². The molecule has 0 bridgehead atoms. The number of nitrogens with zero attached hydrogens (tertiary/aromatic N) is 1. The summed E-state index contributed by atoms with van der Waals surface area (Å²) in [5.41, 5.74) is 0. The summed E-state index contributed by atoms with van der Waals surface area (Å²) in [5.74, 6) is -0.142. The molecule has 0 aromatic heterocycles. The zero-order valence-corrected chi connectivity index (χ0v) is 17.9. The third-order valence-electron chi connectivity index (χ3n) is 5.92. The second-order valence-corrected chi connectivity index (χ2v) is 8.40. The van der Waals surface area contributed by atoms with Crippen molar-refractivity contribution in [3.63, 3.8) is 0 Å². The quantitative estimate of drug-likeness (QED) is 0.350. The number of piperidine rings is 1. The monoisotopic (exact) mass is 419 g/mol. The number of unbranched alkanes of at least 4 members (excludes halogenated alkanes) is 3. The second kappa shape index (κ2) is 14.3. The van der Waals surface area contributed by atoms with Crippen molar-refractivity contribution in [3.05, 3.63) is 0 Å². The summed E-state index contributed by atoms with van der Waals surface area (Å²) in [4.78, 5) is 10.9. The van der Waals surface area contributed by atoms with Crippen molar-refractivity contribution in [2.24, 2.45) is 5.92 Å². The molecular weight excluding hydrogens is 378 g/mol. The summed E-state index contributed by atoms with van der Waals surface area (Å²) in [7, 11) is 0. The van der Waals surface area contributed by atoms with E-state index in [0.29, 0.717) is 25.1 Å². The van der Waals surface area contributed by atoms with Crippen LogP contribution in [0.2, 0.25) is 0 Å². The minimum Gasteiger partial charge on any atom is -0.481 e. The first-order chi connectivity index (χ1) is 13.8. The van der Waals surface area contributed by atoms with Crippen molar-refractivity contribution in [1.29, 1.82) is 0 Å². The van der Waals surface area contributed by atoms with Gasteiger partial charge in [-0.3, -0.25) is 9.69 Å². The van der Waals surface area contributed by atoms with E-state index in [1.165, 1.54) is 25.7 Å². The Morgan fingerprint density at radius 1 is 1.03 bits per heavy atom. The van der Waals surface area contributed by atoms with E-state index in [2.05, 4.69) is 6.92 Å². The van der Waals surface area contributed by atoms with Gasteiger partial charge in [-0.05, 0) is 38.1 Å². The molecule has 8 heteroatoms. The predicted octanol–water partition coefficient (Wildman–Crippen LogP) is 0.992. The number of aliphatic hydroxyl groups excluding tert-OH is 4. The first-order valence-electron chi connectivity index (χ1n) is 11.0. The van der Waals surface area contributed by atoms with Crippen LogP contribution in [0.1, 0.15) is 65.2 Å². The van der Waals surface area contributed by atoms with Crippen LogP contribution in [0, 0.1) is 5.92 Å². The van der Waals surface area contributed by atoms with Crippen LogP contribution in [0.4, 0.5) is 0 Å². The van der Waals surface area contributed by atoms with Gasteiger partial charge in [0.25, 0.3) is 5.97 Å². The number of likely N-dealkylation sites (tertiary alicyclic amines) is 1. The fourth-order valence-electron chi connectivity index (χ4n) is 4.17. The van der Waals surface area contributed by atoms with E-state index in [9.17, 15) is 20.4 Å². The van der Waals surface area contributed by atoms with Gasteiger partial charge in [-0.2, -0.15) is 0 Å². The maximum atomic E-state index is 9.97. The Kier molecular flexibility index (Phi) is 12.9. The number of rotatable bonds is 9. The third kappa shape index (κ3) is 9.72. The average molecular weight is 420 g/mol. The highest BCUT2D eigenvalue weighted by Crippen LogP contribution is 2.26. The lowest BCUT2D eigenvalue weighted by molar-refractivity contribution is -0.145. The van der Waals surface area contributed by atoms with Crippen molar-refractivity contribution >= 4 is 5.97 Å². The number of carbonyl (C=O) groups is 1. The van der Waals surface area contributed by atoms with Gasteiger partial charge in [-0.25, -0.2) is 0 Å². The molecule has 1 aliphatic heterocycles. The minimum atomic E-state index is -1.17. The summed E-state index contributed by atoms with van der Waals surface area (Å²) in [6, 6.07) is -0.491. The number of β-amino-alcohol motifs (C(OH)–C–C–N with tert-alkyl or cyclic N) is 1. The molecule has 2 aliphatic rings. The van der Waals surface area contributed by atoms with Gasteiger partial charge < -0.3 is 30.3 Å². The largest absolute Gasteiger partial charge is 0.481 e. The van der Waals surface area contributed by atoms with Crippen molar-refractivity contribution in [2.75, 3.05) is 26.3 Å². The van der Waals surface area contributed by atoms with E-state index in [0.717, 1.165) is 39.2 Å². The van der Waals surface area contributed by atoms with Crippen LogP contribution in [0.15, 0.2) is 0 Å². The molecule has 1 heterocycles. The third-order valence-corrected chi connectivity index (χ3v) is 5.92. The lowest BCUT2D eigenvalue weighted by atomic mass is 9.88. The van der Waals surface area contributed by atoms with Crippen LogP contribution in [0.3, 0.4) is 0 Å². The number of carboxylic acid groups (broad SMARTS) is 1. The highest BCUT2D eigenvalue weighted by atomic mass is 16.5. The van der Waals surface area contributed by atoms with E-state index < -0.39 is 30.3 Å². The van der Waals surface area contributed by atoms with E-state index in [-0.39, 0.29) is 6.61 Å². The van der Waals surface area contributed by atoms with E-state index in [1.54, 1.807) is 0 Å². The molecule has 0 unspecified atom stereocenters. The highest BCUT2D eigenvalue weighted by molar-refractivity contribution is 5.62. The van der Waals surface area contributed by atoms with Crippen LogP contribution >= 0.6 is 0 Å². The van der Waals surface area contributed by atoms with Gasteiger partial charge in [0.15, 0.2) is 0 Å². The SMILES string of the molecule is CC(=O)O.C[C@@H]1CCCC[C@H]1OCCCCCCN1C[C@H](O)[C@@H](O)[C@H](O)[C@H]1CO. The van der Waals surface area contributed by atoms with E-state index in [1.807, 2.05) is 4.90 Å². The molecular formula is C21H41NO7. The number of hydrogen-bond donors (Lipinski definition) is 5. The van der Waals surface area contributed by atoms with Gasteiger partial charge in [0.05, 0.1) is 24.9 Å². The number of aliphatic carboxylic acids is 1. The molecule has 0 aromatic carbocycles. The van der Waals surface area contributed by atoms with E-state index >= 15 is 0 Å². The molecule has 8 nitrogen and oxygen atoms in total. The van der Waals surface area contributed by atoms with Gasteiger partial charge in [-0.1, -0.05) is 32.6 Å². The molecule has 172 valence electrons. The Morgan fingerprint density at radius 3 is 2.28 bits per heavy atom. The lowest BCUT2D eigenvalue weighted by Gasteiger charge is -2.43. The molecule has 6 atom stereocenters.